The molecule has 0 saturated heterocycles. The van der Waals surface area contributed by atoms with Gasteiger partial charge in [-0.1, -0.05) is 30.3 Å². The number of hydrogen-bond donors (Lipinski definition) is 1. The lowest BCUT2D eigenvalue weighted by Crippen LogP contribution is -2.43. The van der Waals surface area contributed by atoms with Gasteiger partial charge < -0.3 is 15.4 Å². The second-order valence-electron chi connectivity index (χ2n) is 4.89. The summed E-state index contributed by atoms with van der Waals surface area (Å²) in [7, 11) is 0. The minimum atomic E-state index is -0.730. The molecule has 1 aromatic rings. The molecule has 1 atom stereocenters. The first-order valence-corrected chi connectivity index (χ1v) is 6.90. The van der Waals surface area contributed by atoms with Crippen LogP contribution in [0.1, 0.15) is 31.4 Å². The predicted molar refractivity (Wildman–Crippen MR) is 74.7 cm³/mol. The first-order valence-electron chi connectivity index (χ1n) is 6.90. The van der Waals surface area contributed by atoms with Crippen molar-refractivity contribution in [3.63, 3.8) is 0 Å². The van der Waals surface area contributed by atoms with Gasteiger partial charge in [0.1, 0.15) is 12.6 Å². The van der Waals surface area contributed by atoms with Gasteiger partial charge in [-0.15, -0.1) is 0 Å². The van der Waals surface area contributed by atoms with Crippen LogP contribution in [0.25, 0.3) is 0 Å². The zero-order chi connectivity index (χ0) is 14.5. The van der Waals surface area contributed by atoms with E-state index in [-0.39, 0.29) is 24.5 Å². The fourth-order valence-corrected chi connectivity index (χ4v) is 2.10. The molecule has 108 valence electrons. The van der Waals surface area contributed by atoms with Gasteiger partial charge >= 0.3 is 5.97 Å². The van der Waals surface area contributed by atoms with Crippen LogP contribution < -0.4 is 5.73 Å². The summed E-state index contributed by atoms with van der Waals surface area (Å²) in [6.45, 7) is 2.05. The van der Waals surface area contributed by atoms with E-state index in [4.69, 9.17) is 10.5 Å². The average Bonchev–Trinajstić information content (AvgIpc) is 3.29. The number of carbonyl (C=O) groups is 2. The Morgan fingerprint density at radius 1 is 1.35 bits per heavy atom. The van der Waals surface area contributed by atoms with Gasteiger partial charge in [-0.25, -0.2) is 0 Å². The Labute approximate surface area is 118 Å². The normalized spacial score (nSPS) is 15.5. The molecule has 1 fully saturated rings. The molecule has 0 heterocycles. The predicted octanol–water partition coefficient (Wildman–Crippen LogP) is 1.24. The van der Waals surface area contributed by atoms with Crippen LogP contribution in [-0.2, 0) is 14.3 Å². The highest BCUT2D eigenvalue weighted by Crippen LogP contribution is 2.29. The number of amides is 1. The van der Waals surface area contributed by atoms with Crippen molar-refractivity contribution in [3.05, 3.63) is 35.9 Å². The van der Waals surface area contributed by atoms with Crippen LogP contribution in [0.15, 0.2) is 30.3 Å². The van der Waals surface area contributed by atoms with Gasteiger partial charge in [0.2, 0.25) is 5.91 Å². The Morgan fingerprint density at radius 2 is 2.00 bits per heavy atom. The zero-order valence-electron chi connectivity index (χ0n) is 11.6. The summed E-state index contributed by atoms with van der Waals surface area (Å²) in [5.41, 5.74) is 6.77. The fourth-order valence-electron chi connectivity index (χ4n) is 2.10. The highest BCUT2D eigenvalue weighted by molar-refractivity contribution is 5.87. The lowest BCUT2D eigenvalue weighted by atomic mass is 10.1. The first-order chi connectivity index (χ1) is 9.63. The third-order valence-corrected chi connectivity index (χ3v) is 3.30. The minimum Gasteiger partial charge on any atom is -0.465 e. The molecule has 1 aromatic carbocycles. The molecule has 0 radical (unpaired) electrons. The van der Waals surface area contributed by atoms with Crippen LogP contribution >= 0.6 is 0 Å². The number of hydrogen-bond acceptors (Lipinski definition) is 4. The van der Waals surface area contributed by atoms with Crippen LogP contribution in [0.2, 0.25) is 0 Å². The van der Waals surface area contributed by atoms with Crippen molar-refractivity contribution in [2.24, 2.45) is 5.73 Å². The number of esters is 1. The maximum absolute atomic E-state index is 12.5. The largest absolute Gasteiger partial charge is 0.465 e. The molecule has 1 aliphatic carbocycles. The Kier molecular flexibility index (Phi) is 4.74. The fraction of sp³-hybridized carbons (Fsp3) is 0.467. The third-order valence-electron chi connectivity index (χ3n) is 3.30. The monoisotopic (exact) mass is 276 g/mol. The number of benzene rings is 1. The number of rotatable bonds is 6. The molecule has 0 spiro atoms. The summed E-state index contributed by atoms with van der Waals surface area (Å²) < 4.78 is 4.91. The quantitative estimate of drug-likeness (QED) is 0.793. The Bertz CT molecular complexity index is 471. The van der Waals surface area contributed by atoms with E-state index in [9.17, 15) is 9.59 Å². The van der Waals surface area contributed by atoms with Crippen molar-refractivity contribution < 1.29 is 14.3 Å². The van der Waals surface area contributed by atoms with E-state index in [1.807, 2.05) is 30.3 Å². The van der Waals surface area contributed by atoms with Gasteiger partial charge in [-0.3, -0.25) is 9.59 Å². The lowest BCUT2D eigenvalue weighted by molar-refractivity contribution is -0.149. The molecule has 0 aromatic heterocycles. The van der Waals surface area contributed by atoms with E-state index in [2.05, 4.69) is 0 Å². The molecule has 20 heavy (non-hydrogen) atoms. The number of nitrogens with zero attached hydrogens (tertiary/aromatic N) is 1. The molecule has 5 heteroatoms. The Balaban J connectivity index is 2.05. The van der Waals surface area contributed by atoms with E-state index in [0.717, 1.165) is 18.4 Å². The lowest BCUT2D eigenvalue weighted by Gasteiger charge is -2.24. The van der Waals surface area contributed by atoms with Crippen molar-refractivity contribution in [1.29, 1.82) is 0 Å². The summed E-state index contributed by atoms with van der Waals surface area (Å²) >= 11 is 0. The van der Waals surface area contributed by atoms with Crippen LogP contribution in [0.4, 0.5) is 0 Å². The van der Waals surface area contributed by atoms with Crippen molar-refractivity contribution >= 4 is 11.9 Å². The standard InChI is InChI=1S/C15H20N2O3/c1-2-20-13(18)10-17(12-8-9-12)15(19)14(16)11-6-4-3-5-7-11/h3-7,12,14H,2,8-10,16H2,1H3/t14-/m1/s1. The van der Waals surface area contributed by atoms with E-state index >= 15 is 0 Å². The number of nitrogens with two attached hydrogens (primary N) is 1. The van der Waals surface area contributed by atoms with Crippen LogP contribution in [0, 0.1) is 0 Å². The molecule has 1 saturated carbocycles. The topological polar surface area (TPSA) is 72.6 Å². The summed E-state index contributed by atoms with van der Waals surface area (Å²) in [5.74, 6) is -0.597. The highest BCUT2D eigenvalue weighted by atomic mass is 16.5. The van der Waals surface area contributed by atoms with Gasteiger partial charge in [0.25, 0.3) is 0 Å². The van der Waals surface area contributed by atoms with Gasteiger partial charge in [0.15, 0.2) is 0 Å². The second-order valence-corrected chi connectivity index (χ2v) is 4.89. The van der Waals surface area contributed by atoms with Gasteiger partial charge in [-0.2, -0.15) is 0 Å². The Morgan fingerprint density at radius 3 is 2.55 bits per heavy atom. The molecule has 0 bridgehead atoms. The number of ether oxygens (including phenoxy) is 1. The van der Waals surface area contributed by atoms with Crippen molar-refractivity contribution in [3.8, 4) is 0 Å². The van der Waals surface area contributed by atoms with Gasteiger partial charge in [0.05, 0.1) is 6.61 Å². The molecule has 5 nitrogen and oxygen atoms in total. The first kappa shape index (κ1) is 14.5. The molecule has 0 aliphatic heterocycles. The van der Waals surface area contributed by atoms with E-state index in [1.54, 1.807) is 11.8 Å². The second kappa shape index (κ2) is 6.52. The smallest absolute Gasteiger partial charge is 0.325 e. The zero-order valence-corrected chi connectivity index (χ0v) is 11.6. The van der Waals surface area contributed by atoms with Crippen LogP contribution in [0.3, 0.4) is 0 Å². The van der Waals surface area contributed by atoms with Crippen LogP contribution in [-0.4, -0.2) is 36.0 Å². The summed E-state index contributed by atoms with van der Waals surface area (Å²) in [4.78, 5) is 25.6. The number of carbonyl (C=O) groups excluding carboxylic acids is 2. The summed E-state index contributed by atoms with van der Waals surface area (Å²) in [6, 6.07) is 8.59. The van der Waals surface area contributed by atoms with Crippen molar-refractivity contribution in [2.45, 2.75) is 31.8 Å². The van der Waals surface area contributed by atoms with Crippen molar-refractivity contribution in [1.82, 2.24) is 4.90 Å². The summed E-state index contributed by atoms with van der Waals surface area (Å²) in [5, 5.41) is 0. The summed E-state index contributed by atoms with van der Waals surface area (Å²) in [6.07, 6.45) is 1.85. The Hall–Kier alpha value is -1.88. The molecule has 1 amide bonds. The molecule has 0 unspecified atom stereocenters. The maximum atomic E-state index is 12.5. The molecular weight excluding hydrogens is 256 g/mol. The van der Waals surface area contributed by atoms with Gasteiger partial charge in [0, 0.05) is 6.04 Å². The molecular formula is C15H20N2O3. The SMILES string of the molecule is CCOC(=O)CN(C(=O)[C@H](N)c1ccccc1)C1CC1. The minimum absolute atomic E-state index is 0.0160. The van der Waals surface area contributed by atoms with Crippen LogP contribution in [0.5, 0.6) is 0 Å². The maximum Gasteiger partial charge on any atom is 0.325 e. The van der Waals surface area contributed by atoms with E-state index in [1.165, 1.54) is 0 Å². The molecule has 1 aliphatic rings. The third kappa shape index (κ3) is 3.57. The molecule has 2 N–H and O–H groups in total. The van der Waals surface area contributed by atoms with Crippen molar-refractivity contribution in [2.75, 3.05) is 13.2 Å². The van der Waals surface area contributed by atoms with E-state index in [0.29, 0.717) is 6.61 Å². The highest BCUT2D eigenvalue weighted by Gasteiger charge is 2.36. The van der Waals surface area contributed by atoms with Gasteiger partial charge in [-0.05, 0) is 25.3 Å². The average molecular weight is 276 g/mol. The van der Waals surface area contributed by atoms with E-state index < -0.39 is 6.04 Å². The molecule has 2 rings (SSSR count).